The predicted octanol–water partition coefficient (Wildman–Crippen LogP) is 2.70. The van der Waals surface area contributed by atoms with Gasteiger partial charge in [0.1, 0.15) is 12.4 Å². The Balaban J connectivity index is 1.45. The summed E-state index contributed by atoms with van der Waals surface area (Å²) in [5.41, 5.74) is 2.29. The van der Waals surface area contributed by atoms with Crippen LogP contribution in [0.25, 0.3) is 0 Å². The van der Waals surface area contributed by atoms with E-state index in [1.807, 2.05) is 23.1 Å². The zero-order valence-electron chi connectivity index (χ0n) is 15.0. The average molecular weight is 349 g/mol. The van der Waals surface area contributed by atoms with Gasteiger partial charge in [-0.25, -0.2) is 0 Å². The highest BCUT2D eigenvalue weighted by molar-refractivity contribution is 5.94. The Hall–Kier alpha value is -2.84. The zero-order valence-corrected chi connectivity index (χ0v) is 15.0. The number of carbonyl (C=O) groups is 1. The molecule has 0 unspecified atom stereocenters. The molecule has 1 saturated heterocycles. The molecule has 1 heterocycles. The van der Waals surface area contributed by atoms with Crippen LogP contribution >= 0.6 is 0 Å². The Kier molecular flexibility index (Phi) is 5.88. The molecule has 1 aliphatic rings. The van der Waals surface area contributed by atoms with Gasteiger partial charge in [0.15, 0.2) is 0 Å². The molecule has 0 atom stereocenters. The Bertz CT molecular complexity index is 805. The van der Waals surface area contributed by atoms with Crippen molar-refractivity contribution in [1.82, 2.24) is 9.80 Å². The first-order valence-electron chi connectivity index (χ1n) is 8.87. The van der Waals surface area contributed by atoms with Gasteiger partial charge in [-0.15, -0.1) is 0 Å². The fourth-order valence-electron chi connectivity index (χ4n) is 3.08. The highest BCUT2D eigenvalue weighted by atomic mass is 16.5. The number of aryl methyl sites for hydroxylation is 1. The van der Waals surface area contributed by atoms with Crippen LogP contribution in [0.1, 0.15) is 21.5 Å². The van der Waals surface area contributed by atoms with Crippen molar-refractivity contribution >= 4 is 5.91 Å². The van der Waals surface area contributed by atoms with Gasteiger partial charge in [-0.1, -0.05) is 18.2 Å². The highest BCUT2D eigenvalue weighted by Crippen LogP contribution is 2.13. The smallest absolute Gasteiger partial charge is 0.253 e. The van der Waals surface area contributed by atoms with E-state index in [1.54, 1.807) is 24.3 Å². The van der Waals surface area contributed by atoms with Crippen LogP contribution in [-0.2, 0) is 0 Å². The van der Waals surface area contributed by atoms with E-state index < -0.39 is 0 Å². The minimum absolute atomic E-state index is 0.00207. The summed E-state index contributed by atoms with van der Waals surface area (Å²) in [6, 6.07) is 17.0. The summed E-state index contributed by atoms with van der Waals surface area (Å²) in [5.74, 6) is 0.897. The second-order valence-corrected chi connectivity index (χ2v) is 6.49. The molecule has 26 heavy (non-hydrogen) atoms. The normalized spacial score (nSPS) is 14.7. The number of benzene rings is 2. The maximum absolute atomic E-state index is 12.6. The summed E-state index contributed by atoms with van der Waals surface area (Å²) in [7, 11) is 0. The van der Waals surface area contributed by atoms with Crippen LogP contribution in [0.5, 0.6) is 5.75 Å². The van der Waals surface area contributed by atoms with Crippen molar-refractivity contribution in [1.29, 1.82) is 5.26 Å². The van der Waals surface area contributed by atoms with Crippen LogP contribution in [0.3, 0.4) is 0 Å². The van der Waals surface area contributed by atoms with Crippen LogP contribution in [0.15, 0.2) is 48.5 Å². The van der Waals surface area contributed by atoms with Gasteiger partial charge in [-0.2, -0.15) is 5.26 Å². The lowest BCUT2D eigenvalue weighted by Crippen LogP contribution is -2.49. The first kappa shape index (κ1) is 18.0. The number of hydrogen-bond donors (Lipinski definition) is 0. The van der Waals surface area contributed by atoms with Gasteiger partial charge in [-0.3, -0.25) is 9.69 Å². The van der Waals surface area contributed by atoms with Gasteiger partial charge in [0.2, 0.25) is 0 Å². The standard InChI is InChI=1S/C21H23N3O2/c1-17-4-2-7-20(14-17)26-13-12-23-8-10-24(11-9-23)21(25)19-6-3-5-18(15-19)16-22/h2-7,14-15H,8-13H2,1H3. The van der Waals surface area contributed by atoms with Gasteiger partial charge in [-0.05, 0) is 42.8 Å². The number of hydrogen-bond acceptors (Lipinski definition) is 4. The van der Waals surface area contributed by atoms with E-state index in [1.165, 1.54) is 5.56 Å². The first-order chi connectivity index (χ1) is 12.7. The second kappa shape index (κ2) is 8.50. The largest absolute Gasteiger partial charge is 0.492 e. The molecule has 0 N–H and O–H groups in total. The van der Waals surface area contributed by atoms with Crippen molar-refractivity contribution in [2.45, 2.75) is 6.92 Å². The lowest BCUT2D eigenvalue weighted by atomic mass is 10.1. The summed E-state index contributed by atoms with van der Waals surface area (Å²) in [6.07, 6.45) is 0. The molecule has 0 aliphatic carbocycles. The van der Waals surface area contributed by atoms with Crippen molar-refractivity contribution in [3.8, 4) is 11.8 Å². The van der Waals surface area contributed by atoms with Crippen LogP contribution in [0, 0.1) is 18.3 Å². The molecular formula is C21H23N3O2. The molecule has 0 saturated carbocycles. The van der Waals surface area contributed by atoms with Gasteiger partial charge < -0.3 is 9.64 Å². The van der Waals surface area contributed by atoms with E-state index in [-0.39, 0.29) is 5.91 Å². The number of piperazine rings is 1. The number of rotatable bonds is 5. The van der Waals surface area contributed by atoms with E-state index >= 15 is 0 Å². The highest BCUT2D eigenvalue weighted by Gasteiger charge is 2.22. The maximum atomic E-state index is 12.6. The Morgan fingerprint density at radius 3 is 2.62 bits per heavy atom. The van der Waals surface area contributed by atoms with Crippen molar-refractivity contribution < 1.29 is 9.53 Å². The monoisotopic (exact) mass is 349 g/mol. The molecule has 134 valence electrons. The number of nitrogens with zero attached hydrogens (tertiary/aromatic N) is 3. The third-order valence-corrected chi connectivity index (χ3v) is 4.56. The van der Waals surface area contributed by atoms with Crippen LogP contribution in [0.4, 0.5) is 0 Å². The van der Waals surface area contributed by atoms with Crippen molar-refractivity contribution in [3.05, 3.63) is 65.2 Å². The van der Waals surface area contributed by atoms with Crippen molar-refractivity contribution in [3.63, 3.8) is 0 Å². The lowest BCUT2D eigenvalue weighted by Gasteiger charge is -2.34. The maximum Gasteiger partial charge on any atom is 0.253 e. The minimum Gasteiger partial charge on any atom is -0.492 e. The fourth-order valence-corrected chi connectivity index (χ4v) is 3.08. The number of amides is 1. The first-order valence-corrected chi connectivity index (χ1v) is 8.87. The predicted molar refractivity (Wildman–Crippen MR) is 100 cm³/mol. The summed E-state index contributed by atoms with van der Waals surface area (Å²) < 4.78 is 5.81. The number of carbonyl (C=O) groups excluding carboxylic acids is 1. The van der Waals surface area contributed by atoms with Crippen LogP contribution < -0.4 is 4.74 Å². The summed E-state index contributed by atoms with van der Waals surface area (Å²) in [6.45, 7) is 6.60. The van der Waals surface area contributed by atoms with E-state index in [0.29, 0.717) is 30.8 Å². The summed E-state index contributed by atoms with van der Waals surface area (Å²) in [4.78, 5) is 16.7. The van der Waals surface area contributed by atoms with Gasteiger partial charge in [0.05, 0.1) is 11.6 Å². The van der Waals surface area contributed by atoms with E-state index in [0.717, 1.165) is 25.4 Å². The molecule has 1 amide bonds. The average Bonchev–Trinajstić information content (AvgIpc) is 2.68. The van der Waals surface area contributed by atoms with Crippen molar-refractivity contribution in [2.75, 3.05) is 39.3 Å². The zero-order chi connectivity index (χ0) is 18.4. The fraction of sp³-hybridized carbons (Fsp3) is 0.333. The third kappa shape index (κ3) is 4.62. The van der Waals surface area contributed by atoms with Crippen molar-refractivity contribution in [2.24, 2.45) is 0 Å². The van der Waals surface area contributed by atoms with Gasteiger partial charge >= 0.3 is 0 Å². The van der Waals surface area contributed by atoms with Gasteiger partial charge in [0, 0.05) is 38.3 Å². The molecule has 1 aliphatic heterocycles. The molecule has 5 nitrogen and oxygen atoms in total. The van der Waals surface area contributed by atoms with Gasteiger partial charge in [0.25, 0.3) is 5.91 Å². The third-order valence-electron chi connectivity index (χ3n) is 4.56. The van der Waals surface area contributed by atoms with E-state index in [4.69, 9.17) is 10.00 Å². The summed E-state index contributed by atoms with van der Waals surface area (Å²) >= 11 is 0. The molecule has 1 fully saturated rings. The number of ether oxygens (including phenoxy) is 1. The van der Waals surface area contributed by atoms with Crippen LogP contribution in [-0.4, -0.2) is 55.0 Å². The Labute approximate surface area is 154 Å². The molecule has 0 spiro atoms. The molecule has 0 aromatic heterocycles. The quantitative estimate of drug-likeness (QED) is 0.833. The molecule has 0 radical (unpaired) electrons. The van der Waals surface area contributed by atoms with E-state index in [2.05, 4.69) is 24.0 Å². The molecule has 2 aromatic carbocycles. The number of nitriles is 1. The topological polar surface area (TPSA) is 56.6 Å². The molecule has 3 rings (SSSR count). The summed E-state index contributed by atoms with van der Waals surface area (Å²) in [5, 5.41) is 8.98. The second-order valence-electron chi connectivity index (χ2n) is 6.49. The molecular weight excluding hydrogens is 326 g/mol. The Morgan fingerprint density at radius 2 is 1.88 bits per heavy atom. The minimum atomic E-state index is -0.00207. The SMILES string of the molecule is Cc1cccc(OCCN2CCN(C(=O)c3cccc(C#N)c3)CC2)c1. The van der Waals surface area contributed by atoms with E-state index in [9.17, 15) is 4.79 Å². The van der Waals surface area contributed by atoms with Crippen LogP contribution in [0.2, 0.25) is 0 Å². The Morgan fingerprint density at radius 1 is 1.12 bits per heavy atom. The molecule has 2 aromatic rings. The molecule has 5 heteroatoms. The molecule has 0 bridgehead atoms. The lowest BCUT2D eigenvalue weighted by molar-refractivity contribution is 0.0620.